The van der Waals surface area contributed by atoms with E-state index in [-0.39, 0.29) is 12.3 Å². The topological polar surface area (TPSA) is 76.0 Å². The maximum Gasteiger partial charge on any atom is 0.190 e. The van der Waals surface area contributed by atoms with Gasteiger partial charge in [-0.25, -0.2) is 0 Å². The SMILES string of the molecule is C=C(C)C(=O)[C@@]1(O)C[C@H](C)[C@@H](O)[C@@H]1/C=C(\C)COCc1ccc(OC)cc1. The summed E-state index contributed by atoms with van der Waals surface area (Å²) in [4.78, 5) is 12.5. The summed E-state index contributed by atoms with van der Waals surface area (Å²) >= 11 is 0. The summed E-state index contributed by atoms with van der Waals surface area (Å²) in [6.45, 7) is 9.74. The van der Waals surface area contributed by atoms with Crippen molar-refractivity contribution in [1.29, 1.82) is 0 Å². The van der Waals surface area contributed by atoms with Crippen LogP contribution in [0.25, 0.3) is 0 Å². The lowest BCUT2D eigenvalue weighted by Gasteiger charge is -2.28. The first-order valence-electron chi connectivity index (χ1n) is 9.17. The molecule has 1 saturated carbocycles. The van der Waals surface area contributed by atoms with Crippen LogP contribution in [-0.4, -0.2) is 41.4 Å². The van der Waals surface area contributed by atoms with E-state index in [4.69, 9.17) is 9.47 Å². The quantitative estimate of drug-likeness (QED) is 0.540. The Morgan fingerprint density at radius 1 is 1.33 bits per heavy atom. The van der Waals surface area contributed by atoms with E-state index in [9.17, 15) is 15.0 Å². The summed E-state index contributed by atoms with van der Waals surface area (Å²) in [6, 6.07) is 7.62. The summed E-state index contributed by atoms with van der Waals surface area (Å²) in [5.41, 5.74) is 0.564. The first-order chi connectivity index (χ1) is 12.7. The van der Waals surface area contributed by atoms with E-state index in [1.54, 1.807) is 20.1 Å². The smallest absolute Gasteiger partial charge is 0.190 e. The van der Waals surface area contributed by atoms with Crippen molar-refractivity contribution in [3.8, 4) is 5.75 Å². The van der Waals surface area contributed by atoms with E-state index in [1.807, 2.05) is 38.1 Å². The van der Waals surface area contributed by atoms with E-state index in [0.717, 1.165) is 16.9 Å². The lowest BCUT2D eigenvalue weighted by Crippen LogP contribution is -2.44. The van der Waals surface area contributed by atoms with Crippen LogP contribution in [0, 0.1) is 11.8 Å². The third-order valence-electron chi connectivity index (χ3n) is 5.14. The molecule has 0 amide bonds. The second kappa shape index (κ2) is 8.83. The predicted octanol–water partition coefficient (Wildman–Crippen LogP) is 3.05. The maximum atomic E-state index is 12.5. The number of rotatable bonds is 8. The molecule has 0 saturated heterocycles. The minimum Gasteiger partial charge on any atom is -0.497 e. The van der Waals surface area contributed by atoms with E-state index in [1.165, 1.54) is 0 Å². The van der Waals surface area contributed by atoms with E-state index < -0.39 is 23.4 Å². The number of aliphatic hydroxyl groups is 2. The Hall–Kier alpha value is -1.95. The molecule has 1 aromatic rings. The molecule has 5 heteroatoms. The van der Waals surface area contributed by atoms with Crippen LogP contribution in [0.15, 0.2) is 48.1 Å². The average Bonchev–Trinajstić information content (AvgIpc) is 2.85. The van der Waals surface area contributed by atoms with Crippen molar-refractivity contribution in [2.75, 3.05) is 13.7 Å². The number of ketones is 1. The summed E-state index contributed by atoms with van der Waals surface area (Å²) < 4.78 is 10.9. The zero-order chi connectivity index (χ0) is 20.2. The Balaban J connectivity index is 2.03. The number of hydrogen-bond acceptors (Lipinski definition) is 5. The summed E-state index contributed by atoms with van der Waals surface area (Å²) in [5, 5.41) is 21.5. The van der Waals surface area contributed by atoms with E-state index >= 15 is 0 Å². The molecular weight excluding hydrogens is 344 g/mol. The van der Waals surface area contributed by atoms with Crippen LogP contribution in [0.2, 0.25) is 0 Å². The van der Waals surface area contributed by atoms with Gasteiger partial charge >= 0.3 is 0 Å². The average molecular weight is 374 g/mol. The fraction of sp³-hybridized carbons (Fsp3) is 0.500. The van der Waals surface area contributed by atoms with Gasteiger partial charge in [0.25, 0.3) is 0 Å². The van der Waals surface area contributed by atoms with Gasteiger partial charge in [-0.15, -0.1) is 0 Å². The van der Waals surface area contributed by atoms with Gasteiger partial charge < -0.3 is 19.7 Å². The molecule has 0 aromatic heterocycles. The molecule has 0 radical (unpaired) electrons. The molecule has 148 valence electrons. The first kappa shape index (κ1) is 21.4. The number of carbonyl (C=O) groups excluding carboxylic acids is 1. The molecule has 1 aliphatic rings. The Bertz CT molecular complexity index is 706. The fourth-order valence-electron chi connectivity index (χ4n) is 3.64. The second-order valence-electron chi connectivity index (χ2n) is 7.59. The molecule has 1 aromatic carbocycles. The molecule has 2 rings (SSSR count). The maximum absolute atomic E-state index is 12.5. The highest BCUT2D eigenvalue weighted by molar-refractivity contribution is 6.01. The highest BCUT2D eigenvalue weighted by Gasteiger charge is 2.54. The normalized spacial score (nSPS) is 28.2. The van der Waals surface area contributed by atoms with Gasteiger partial charge in [-0.3, -0.25) is 4.79 Å². The van der Waals surface area contributed by atoms with Crippen LogP contribution in [0.5, 0.6) is 5.75 Å². The Labute approximate surface area is 161 Å². The number of carbonyl (C=O) groups is 1. The predicted molar refractivity (Wildman–Crippen MR) is 104 cm³/mol. The number of Topliss-reactive ketones (excluding diaryl/α,β-unsaturated/α-hetero) is 1. The van der Waals surface area contributed by atoms with Gasteiger partial charge in [0.05, 0.1) is 26.4 Å². The molecule has 27 heavy (non-hydrogen) atoms. The number of ether oxygens (including phenoxy) is 2. The summed E-state index contributed by atoms with van der Waals surface area (Å²) in [6.07, 6.45) is 1.21. The van der Waals surface area contributed by atoms with Crippen molar-refractivity contribution in [1.82, 2.24) is 0 Å². The number of hydrogen-bond donors (Lipinski definition) is 2. The molecular formula is C22H30O5. The van der Waals surface area contributed by atoms with Gasteiger partial charge in [0, 0.05) is 5.92 Å². The lowest BCUT2D eigenvalue weighted by molar-refractivity contribution is -0.136. The van der Waals surface area contributed by atoms with Crippen molar-refractivity contribution in [3.05, 3.63) is 53.6 Å². The number of benzene rings is 1. The van der Waals surface area contributed by atoms with Crippen LogP contribution in [0.1, 0.15) is 32.8 Å². The molecule has 4 atom stereocenters. The van der Waals surface area contributed by atoms with Crippen molar-refractivity contribution < 1.29 is 24.5 Å². The molecule has 1 aliphatic carbocycles. The largest absolute Gasteiger partial charge is 0.497 e. The van der Waals surface area contributed by atoms with Crippen molar-refractivity contribution in [3.63, 3.8) is 0 Å². The Kier molecular flexibility index (Phi) is 6.98. The number of methoxy groups -OCH3 is 1. The zero-order valence-electron chi connectivity index (χ0n) is 16.6. The minimum atomic E-state index is -1.61. The van der Waals surface area contributed by atoms with Gasteiger partial charge in [-0.2, -0.15) is 0 Å². The molecule has 0 heterocycles. The lowest BCUT2D eigenvalue weighted by atomic mass is 9.82. The third-order valence-corrected chi connectivity index (χ3v) is 5.14. The van der Waals surface area contributed by atoms with Gasteiger partial charge in [0.1, 0.15) is 11.4 Å². The van der Waals surface area contributed by atoms with Gasteiger partial charge in [-0.05, 0) is 49.5 Å². The molecule has 0 bridgehead atoms. The highest BCUT2D eigenvalue weighted by Crippen LogP contribution is 2.43. The van der Waals surface area contributed by atoms with Gasteiger partial charge in [-0.1, -0.05) is 37.3 Å². The van der Waals surface area contributed by atoms with Crippen LogP contribution in [-0.2, 0) is 16.1 Å². The molecule has 0 unspecified atom stereocenters. The molecule has 0 spiro atoms. The monoisotopic (exact) mass is 374 g/mol. The highest BCUT2D eigenvalue weighted by atomic mass is 16.5. The van der Waals surface area contributed by atoms with E-state index in [0.29, 0.717) is 18.8 Å². The van der Waals surface area contributed by atoms with Gasteiger partial charge in [0.15, 0.2) is 5.78 Å². The van der Waals surface area contributed by atoms with Crippen LogP contribution in [0.4, 0.5) is 0 Å². The first-order valence-corrected chi connectivity index (χ1v) is 9.17. The second-order valence-corrected chi connectivity index (χ2v) is 7.59. The van der Waals surface area contributed by atoms with Crippen LogP contribution in [0.3, 0.4) is 0 Å². The minimum absolute atomic E-state index is 0.174. The van der Waals surface area contributed by atoms with Crippen molar-refractivity contribution in [2.24, 2.45) is 11.8 Å². The Morgan fingerprint density at radius 3 is 2.52 bits per heavy atom. The fourth-order valence-corrected chi connectivity index (χ4v) is 3.64. The zero-order valence-corrected chi connectivity index (χ0v) is 16.6. The molecule has 5 nitrogen and oxygen atoms in total. The van der Waals surface area contributed by atoms with Crippen LogP contribution >= 0.6 is 0 Å². The number of aliphatic hydroxyl groups excluding tert-OH is 1. The summed E-state index contributed by atoms with van der Waals surface area (Å²) in [7, 11) is 1.62. The third kappa shape index (κ3) is 4.86. The standard InChI is InChI=1S/C22H30O5/c1-14(2)21(24)22(25)11-16(4)20(23)19(22)10-15(3)12-27-13-17-6-8-18(26-5)9-7-17/h6-10,16,19-20,23,25H,1,11-13H2,2-5H3/b15-10+/t16-,19-,20+,22+/m0/s1. The molecule has 2 N–H and O–H groups in total. The Morgan fingerprint density at radius 2 is 1.96 bits per heavy atom. The van der Waals surface area contributed by atoms with Crippen molar-refractivity contribution >= 4 is 5.78 Å². The van der Waals surface area contributed by atoms with Gasteiger partial charge in [0.2, 0.25) is 0 Å². The molecule has 0 aliphatic heterocycles. The molecule has 1 fully saturated rings. The van der Waals surface area contributed by atoms with Crippen molar-refractivity contribution in [2.45, 2.75) is 45.5 Å². The van der Waals surface area contributed by atoms with Crippen LogP contribution < -0.4 is 4.74 Å². The summed E-state index contributed by atoms with van der Waals surface area (Å²) in [5.74, 6) is -0.450. The van der Waals surface area contributed by atoms with E-state index in [2.05, 4.69) is 6.58 Å².